The van der Waals surface area contributed by atoms with Crippen LogP contribution in [-0.4, -0.2) is 21.2 Å². The number of benzene rings is 2. The van der Waals surface area contributed by atoms with E-state index in [9.17, 15) is 15.0 Å². The van der Waals surface area contributed by atoms with E-state index in [-0.39, 0.29) is 5.75 Å². The van der Waals surface area contributed by atoms with Crippen LogP contribution in [0.1, 0.15) is 40.0 Å². The Morgan fingerprint density at radius 2 is 1.80 bits per heavy atom. The molecular weight excluding hydrogens is 314 g/mol. The Morgan fingerprint density at radius 1 is 1.04 bits per heavy atom. The summed E-state index contributed by atoms with van der Waals surface area (Å²) in [6.45, 7) is 0. The molecule has 0 saturated carbocycles. The first-order valence-electron chi connectivity index (χ1n) is 8.28. The number of nitrogens with zero attached hydrogens (tertiary/aromatic N) is 1. The molecular formula is C21H17NO3. The number of rotatable bonds is 2. The minimum absolute atomic E-state index is 0.225. The van der Waals surface area contributed by atoms with Crippen LogP contribution in [0, 0.1) is 0 Å². The Balaban J connectivity index is 1.95. The summed E-state index contributed by atoms with van der Waals surface area (Å²) in [4.78, 5) is 16.7. The number of phenols is 1. The number of pyridine rings is 1. The number of allylic oxidation sites excluding steroid dienone is 1. The minimum Gasteiger partial charge on any atom is -0.508 e. The zero-order valence-electron chi connectivity index (χ0n) is 13.6. The molecule has 1 aromatic heterocycles. The number of phenolic OH excluding ortho intramolecular Hbond substituents is 1. The molecule has 0 saturated heterocycles. The third-order valence-electron chi connectivity index (χ3n) is 4.62. The lowest BCUT2D eigenvalue weighted by atomic mass is 9.86. The molecule has 1 aliphatic carbocycles. The van der Waals surface area contributed by atoms with Crippen molar-refractivity contribution in [3.8, 4) is 5.75 Å². The topological polar surface area (TPSA) is 70.4 Å². The van der Waals surface area contributed by atoms with Crippen molar-refractivity contribution in [3.63, 3.8) is 0 Å². The van der Waals surface area contributed by atoms with Gasteiger partial charge in [0.1, 0.15) is 5.75 Å². The SMILES string of the molecule is O=C(O)c1c2c(nc3ccccc13)/C(=C\c1ccc(O)cc1)CCC2. The van der Waals surface area contributed by atoms with Crippen molar-refractivity contribution in [2.24, 2.45) is 0 Å². The third kappa shape index (κ3) is 2.76. The van der Waals surface area contributed by atoms with Gasteiger partial charge >= 0.3 is 5.97 Å². The molecule has 0 spiro atoms. The minimum atomic E-state index is -0.902. The summed E-state index contributed by atoms with van der Waals surface area (Å²) in [5, 5.41) is 19.9. The lowest BCUT2D eigenvalue weighted by molar-refractivity contribution is 0.0697. The standard InChI is InChI=1S/C21H17NO3/c23-15-10-8-13(9-11-15)12-14-4-3-6-17-19(21(24)25)16-5-1-2-7-18(16)22-20(14)17/h1-2,5,7-12,23H,3-4,6H2,(H,24,25)/b14-12-. The molecule has 0 radical (unpaired) electrons. The number of aromatic hydroxyl groups is 1. The molecule has 4 heteroatoms. The van der Waals surface area contributed by atoms with Crippen LogP contribution in [0.3, 0.4) is 0 Å². The first-order valence-corrected chi connectivity index (χ1v) is 8.28. The maximum atomic E-state index is 11.9. The fraction of sp³-hybridized carbons (Fsp3) is 0.143. The monoisotopic (exact) mass is 331 g/mol. The molecule has 0 atom stereocenters. The van der Waals surface area contributed by atoms with Crippen molar-refractivity contribution in [2.45, 2.75) is 19.3 Å². The molecule has 124 valence electrons. The molecule has 3 aromatic rings. The highest BCUT2D eigenvalue weighted by molar-refractivity contribution is 6.05. The van der Waals surface area contributed by atoms with E-state index in [0.717, 1.165) is 41.7 Å². The zero-order chi connectivity index (χ0) is 17.4. The summed E-state index contributed by atoms with van der Waals surface area (Å²) in [7, 11) is 0. The Bertz CT molecular complexity index is 1000. The second kappa shape index (κ2) is 6.06. The molecule has 0 amide bonds. The van der Waals surface area contributed by atoms with Crippen molar-refractivity contribution in [2.75, 3.05) is 0 Å². The Hall–Kier alpha value is -3.14. The molecule has 1 heterocycles. The molecule has 2 N–H and O–H groups in total. The molecule has 0 unspecified atom stereocenters. The van der Waals surface area contributed by atoms with Crippen LogP contribution in [0.5, 0.6) is 5.75 Å². The van der Waals surface area contributed by atoms with Crippen molar-refractivity contribution in [3.05, 3.63) is 70.9 Å². The predicted octanol–water partition coefficient (Wildman–Crippen LogP) is 4.52. The van der Waals surface area contributed by atoms with Crippen LogP contribution in [0.15, 0.2) is 48.5 Å². The molecule has 0 aliphatic heterocycles. The maximum absolute atomic E-state index is 11.9. The molecule has 0 bridgehead atoms. The summed E-state index contributed by atoms with van der Waals surface area (Å²) >= 11 is 0. The van der Waals surface area contributed by atoms with Crippen LogP contribution in [0.4, 0.5) is 0 Å². The van der Waals surface area contributed by atoms with Crippen LogP contribution in [0.25, 0.3) is 22.6 Å². The Kier molecular flexibility index (Phi) is 3.73. The van der Waals surface area contributed by atoms with Gasteiger partial charge in [0, 0.05) is 5.39 Å². The van der Waals surface area contributed by atoms with Crippen molar-refractivity contribution < 1.29 is 15.0 Å². The number of aromatic nitrogens is 1. The average Bonchev–Trinajstić information content (AvgIpc) is 2.62. The van der Waals surface area contributed by atoms with Gasteiger partial charge in [-0.3, -0.25) is 0 Å². The van der Waals surface area contributed by atoms with Crippen molar-refractivity contribution in [1.82, 2.24) is 4.98 Å². The van der Waals surface area contributed by atoms with Crippen LogP contribution in [0.2, 0.25) is 0 Å². The lowest BCUT2D eigenvalue weighted by Crippen LogP contribution is -2.13. The van der Waals surface area contributed by atoms with Gasteiger partial charge < -0.3 is 10.2 Å². The normalized spacial score (nSPS) is 15.3. The largest absolute Gasteiger partial charge is 0.508 e. The van der Waals surface area contributed by atoms with E-state index in [0.29, 0.717) is 16.5 Å². The van der Waals surface area contributed by atoms with Gasteiger partial charge in [-0.05, 0) is 60.2 Å². The number of carboxylic acids is 1. The predicted molar refractivity (Wildman–Crippen MR) is 97.6 cm³/mol. The number of fused-ring (bicyclic) bond motifs is 2. The molecule has 4 rings (SSSR count). The fourth-order valence-corrected chi connectivity index (χ4v) is 3.49. The second-order valence-electron chi connectivity index (χ2n) is 6.25. The number of carboxylic acid groups (broad SMARTS) is 1. The zero-order valence-corrected chi connectivity index (χ0v) is 13.6. The highest BCUT2D eigenvalue weighted by atomic mass is 16.4. The van der Waals surface area contributed by atoms with Crippen LogP contribution >= 0.6 is 0 Å². The maximum Gasteiger partial charge on any atom is 0.336 e. The van der Waals surface area contributed by atoms with Gasteiger partial charge in [-0.25, -0.2) is 9.78 Å². The van der Waals surface area contributed by atoms with Gasteiger partial charge in [-0.2, -0.15) is 0 Å². The van der Waals surface area contributed by atoms with E-state index in [1.165, 1.54) is 0 Å². The summed E-state index contributed by atoms with van der Waals surface area (Å²) in [5.41, 5.74) is 4.69. The highest BCUT2D eigenvalue weighted by Gasteiger charge is 2.24. The lowest BCUT2D eigenvalue weighted by Gasteiger charge is -2.21. The quantitative estimate of drug-likeness (QED) is 0.724. The number of para-hydroxylation sites is 1. The summed E-state index contributed by atoms with van der Waals surface area (Å²) in [6, 6.07) is 14.4. The molecule has 4 nitrogen and oxygen atoms in total. The first-order chi connectivity index (χ1) is 12.1. The molecule has 1 aliphatic rings. The van der Waals surface area contributed by atoms with Gasteiger partial charge in [-0.1, -0.05) is 30.3 Å². The second-order valence-corrected chi connectivity index (χ2v) is 6.25. The van der Waals surface area contributed by atoms with Crippen LogP contribution < -0.4 is 0 Å². The number of hydrogen-bond acceptors (Lipinski definition) is 3. The average molecular weight is 331 g/mol. The Morgan fingerprint density at radius 3 is 2.56 bits per heavy atom. The highest BCUT2D eigenvalue weighted by Crippen LogP contribution is 2.36. The molecule has 25 heavy (non-hydrogen) atoms. The van der Waals surface area contributed by atoms with E-state index in [2.05, 4.69) is 0 Å². The van der Waals surface area contributed by atoms with Gasteiger partial charge in [0.05, 0.1) is 16.8 Å². The van der Waals surface area contributed by atoms with Gasteiger partial charge in [0.15, 0.2) is 0 Å². The van der Waals surface area contributed by atoms with E-state index in [1.54, 1.807) is 12.1 Å². The number of hydrogen-bond donors (Lipinski definition) is 2. The molecule has 2 aromatic carbocycles. The van der Waals surface area contributed by atoms with Gasteiger partial charge in [-0.15, -0.1) is 0 Å². The van der Waals surface area contributed by atoms with E-state index in [1.807, 2.05) is 42.5 Å². The van der Waals surface area contributed by atoms with E-state index in [4.69, 9.17) is 4.98 Å². The third-order valence-corrected chi connectivity index (χ3v) is 4.62. The summed E-state index contributed by atoms with van der Waals surface area (Å²) in [5.74, 6) is -0.677. The van der Waals surface area contributed by atoms with Crippen molar-refractivity contribution >= 4 is 28.5 Å². The fourth-order valence-electron chi connectivity index (χ4n) is 3.49. The van der Waals surface area contributed by atoms with E-state index < -0.39 is 5.97 Å². The van der Waals surface area contributed by atoms with Crippen molar-refractivity contribution in [1.29, 1.82) is 0 Å². The smallest absolute Gasteiger partial charge is 0.336 e. The number of aromatic carboxylic acids is 1. The van der Waals surface area contributed by atoms with Crippen LogP contribution in [-0.2, 0) is 6.42 Å². The summed E-state index contributed by atoms with van der Waals surface area (Å²) in [6.07, 6.45) is 4.52. The van der Waals surface area contributed by atoms with E-state index >= 15 is 0 Å². The first kappa shape index (κ1) is 15.4. The molecule has 0 fully saturated rings. The van der Waals surface area contributed by atoms with Gasteiger partial charge in [0.25, 0.3) is 0 Å². The number of carbonyl (C=O) groups is 1. The summed E-state index contributed by atoms with van der Waals surface area (Å²) < 4.78 is 0. The van der Waals surface area contributed by atoms with Gasteiger partial charge in [0.2, 0.25) is 0 Å². The Labute approximate surface area is 145 Å².